The number of nitrogens with zero attached hydrogens (tertiary/aromatic N) is 2. The van der Waals surface area contributed by atoms with E-state index in [9.17, 15) is 4.79 Å². The summed E-state index contributed by atoms with van der Waals surface area (Å²) in [5.41, 5.74) is 5.06. The molecule has 126 valence electrons. The zero-order chi connectivity index (χ0) is 17.0. The van der Waals surface area contributed by atoms with E-state index in [1.54, 1.807) is 6.26 Å². The lowest BCUT2D eigenvalue weighted by atomic mass is 9.78. The van der Waals surface area contributed by atoms with Crippen molar-refractivity contribution >= 4 is 16.9 Å². The second kappa shape index (κ2) is 5.34. The van der Waals surface area contributed by atoms with Crippen LogP contribution in [-0.2, 0) is 27.2 Å². The molecule has 0 fully saturated rings. The van der Waals surface area contributed by atoms with Crippen LogP contribution >= 0.6 is 0 Å². The summed E-state index contributed by atoms with van der Waals surface area (Å²) in [5.74, 6) is 0.0981. The summed E-state index contributed by atoms with van der Waals surface area (Å²) >= 11 is 0. The molecule has 25 heavy (non-hydrogen) atoms. The van der Waals surface area contributed by atoms with E-state index in [0.29, 0.717) is 12.2 Å². The zero-order valence-electron chi connectivity index (χ0n) is 13.9. The molecule has 0 aliphatic carbocycles. The number of pyridine rings is 1. The first-order chi connectivity index (χ1) is 12.3. The molecule has 0 amide bonds. The summed E-state index contributed by atoms with van der Waals surface area (Å²) < 4.78 is 12.7. The maximum atomic E-state index is 12.1. The van der Waals surface area contributed by atoms with Crippen LogP contribution in [0.1, 0.15) is 5.69 Å². The van der Waals surface area contributed by atoms with E-state index in [4.69, 9.17) is 14.5 Å². The predicted octanol–water partition coefficient (Wildman–Crippen LogP) is 3.02. The molecule has 0 radical (unpaired) electrons. The number of methoxy groups -OCH3 is 1. The van der Waals surface area contributed by atoms with Gasteiger partial charge in [0.2, 0.25) is 0 Å². The predicted molar refractivity (Wildman–Crippen MR) is 93.1 cm³/mol. The molecule has 0 N–H and O–H groups in total. The van der Waals surface area contributed by atoms with Crippen molar-refractivity contribution in [3.63, 3.8) is 0 Å². The van der Waals surface area contributed by atoms with Gasteiger partial charge in [-0.25, -0.2) is 9.78 Å². The maximum absolute atomic E-state index is 12.1. The molecule has 1 aromatic rings. The number of aromatic nitrogens is 2. The molecule has 0 saturated heterocycles. The molecule has 0 bridgehead atoms. The molecule has 5 nitrogen and oxygen atoms in total. The summed E-state index contributed by atoms with van der Waals surface area (Å²) in [6, 6.07) is 10.4. The highest BCUT2D eigenvalue weighted by Gasteiger charge is 2.38. The van der Waals surface area contributed by atoms with Gasteiger partial charge in [-0.15, -0.1) is 0 Å². The van der Waals surface area contributed by atoms with Gasteiger partial charge in [0.25, 0.3) is 0 Å². The molecule has 5 heteroatoms. The van der Waals surface area contributed by atoms with Gasteiger partial charge in [0.15, 0.2) is 0 Å². The molecule has 1 aromatic carbocycles. The van der Waals surface area contributed by atoms with E-state index in [0.717, 1.165) is 24.2 Å². The van der Waals surface area contributed by atoms with Crippen molar-refractivity contribution in [3.05, 3.63) is 54.1 Å². The lowest BCUT2D eigenvalue weighted by Gasteiger charge is -2.37. The van der Waals surface area contributed by atoms with Crippen LogP contribution in [-0.4, -0.2) is 29.2 Å². The molecule has 4 aliphatic heterocycles. The van der Waals surface area contributed by atoms with E-state index in [1.807, 2.05) is 18.2 Å². The van der Waals surface area contributed by atoms with Crippen LogP contribution in [0.5, 0.6) is 0 Å². The van der Waals surface area contributed by atoms with E-state index in [2.05, 4.69) is 22.9 Å². The summed E-state index contributed by atoms with van der Waals surface area (Å²) in [6.45, 7) is 1.46. The Morgan fingerprint density at radius 3 is 3.08 bits per heavy atom. The molecule has 5 rings (SSSR count). The van der Waals surface area contributed by atoms with Crippen molar-refractivity contribution in [1.82, 2.24) is 9.55 Å². The molecule has 4 aliphatic rings. The number of rotatable bonds is 1. The zero-order valence-corrected chi connectivity index (χ0v) is 13.9. The third kappa shape index (κ3) is 2.08. The molecular formula is C20H18N2O3. The Labute approximate surface area is 145 Å². The van der Waals surface area contributed by atoms with E-state index < -0.39 is 0 Å². The van der Waals surface area contributed by atoms with Crippen molar-refractivity contribution < 1.29 is 14.3 Å². The molecule has 2 unspecified atom stereocenters. The van der Waals surface area contributed by atoms with E-state index >= 15 is 0 Å². The van der Waals surface area contributed by atoms with Gasteiger partial charge in [0.05, 0.1) is 36.8 Å². The normalized spacial score (nSPS) is 22.0. The van der Waals surface area contributed by atoms with Crippen molar-refractivity contribution in [2.24, 2.45) is 11.8 Å². The highest BCUT2D eigenvalue weighted by Crippen LogP contribution is 2.41. The second-order valence-electron chi connectivity index (χ2n) is 6.77. The third-order valence-electron chi connectivity index (χ3n) is 5.48. The fourth-order valence-corrected chi connectivity index (χ4v) is 4.23. The van der Waals surface area contributed by atoms with Crippen molar-refractivity contribution in [2.75, 3.05) is 13.7 Å². The number of hydrogen-bond donors (Lipinski definition) is 0. The van der Waals surface area contributed by atoms with Crippen molar-refractivity contribution in [1.29, 1.82) is 0 Å². The minimum Gasteiger partial charge on any atom is -0.500 e. The van der Waals surface area contributed by atoms with Gasteiger partial charge in [-0.3, -0.25) is 0 Å². The highest BCUT2D eigenvalue weighted by atomic mass is 16.5. The van der Waals surface area contributed by atoms with Crippen LogP contribution < -0.4 is 0 Å². The van der Waals surface area contributed by atoms with Gasteiger partial charge < -0.3 is 14.0 Å². The van der Waals surface area contributed by atoms with Crippen molar-refractivity contribution in [2.45, 2.75) is 13.0 Å². The van der Waals surface area contributed by atoms with Gasteiger partial charge in [-0.1, -0.05) is 18.2 Å². The first-order valence-electron chi connectivity index (χ1n) is 8.52. The average molecular weight is 334 g/mol. The number of carbonyl (C=O) groups excluding carboxylic acids is 1. The van der Waals surface area contributed by atoms with Crippen LogP contribution in [0.15, 0.2) is 48.4 Å². The SMILES string of the molecule is COC(=O)C1=COCC2Cn3ccc4c5ccccc5nc-4c3CC12. The third-order valence-corrected chi connectivity index (χ3v) is 5.48. The molecule has 0 saturated carbocycles. The average Bonchev–Trinajstić information content (AvgIpc) is 3.04. The first-order valence-corrected chi connectivity index (χ1v) is 8.52. The standard InChI is InChI=1S/C20H18N2O3/c1-24-20(23)16-11-25-10-12-9-22-7-6-14-13-4-2-3-5-17(13)21-19(14)18(22)8-15(12)16/h2-7,11-12,15H,8-10H2,1H3. The fraction of sp³-hybridized carbons (Fsp3) is 0.300. The Kier molecular flexibility index (Phi) is 3.10. The van der Waals surface area contributed by atoms with Gasteiger partial charge in [0, 0.05) is 41.2 Å². The molecule has 2 atom stereocenters. The Balaban J connectivity index is 1.64. The molecule has 0 spiro atoms. The fourth-order valence-electron chi connectivity index (χ4n) is 4.23. The van der Waals surface area contributed by atoms with Gasteiger partial charge >= 0.3 is 5.97 Å². The summed E-state index contributed by atoms with van der Waals surface area (Å²) in [5, 5.41) is 1.18. The number of carbonyl (C=O) groups is 1. The summed E-state index contributed by atoms with van der Waals surface area (Å²) in [6.07, 6.45) is 4.49. The van der Waals surface area contributed by atoms with Crippen molar-refractivity contribution in [3.8, 4) is 11.3 Å². The minimum atomic E-state index is -0.295. The summed E-state index contributed by atoms with van der Waals surface area (Å²) in [7, 11) is 1.42. The first kappa shape index (κ1) is 14.5. The van der Waals surface area contributed by atoms with Gasteiger partial charge in [0.1, 0.15) is 0 Å². The van der Waals surface area contributed by atoms with E-state index in [1.165, 1.54) is 23.8 Å². The molecular weight excluding hydrogens is 316 g/mol. The van der Waals surface area contributed by atoms with Crippen LogP contribution in [0.3, 0.4) is 0 Å². The van der Waals surface area contributed by atoms with Crippen LogP contribution in [0.2, 0.25) is 0 Å². The Bertz CT molecular complexity index is 988. The largest absolute Gasteiger partial charge is 0.500 e. The summed E-state index contributed by atoms with van der Waals surface area (Å²) in [4.78, 5) is 17.0. The lowest BCUT2D eigenvalue weighted by Crippen LogP contribution is -2.38. The number of ether oxygens (including phenoxy) is 2. The Morgan fingerprint density at radius 1 is 1.32 bits per heavy atom. The van der Waals surface area contributed by atoms with Crippen LogP contribution in [0.25, 0.3) is 22.2 Å². The van der Waals surface area contributed by atoms with Crippen LogP contribution in [0, 0.1) is 11.8 Å². The van der Waals surface area contributed by atoms with Crippen LogP contribution in [0.4, 0.5) is 0 Å². The Morgan fingerprint density at radius 2 is 2.20 bits per heavy atom. The Hall–Kier alpha value is -2.82. The lowest BCUT2D eigenvalue weighted by molar-refractivity contribution is -0.137. The monoisotopic (exact) mass is 334 g/mol. The number of para-hydroxylation sites is 1. The number of fused-ring (bicyclic) bond motifs is 6. The molecule has 4 heterocycles. The number of hydrogen-bond acceptors (Lipinski definition) is 4. The molecule has 0 aromatic heterocycles. The highest BCUT2D eigenvalue weighted by molar-refractivity contribution is 5.98. The smallest absolute Gasteiger partial charge is 0.337 e. The van der Waals surface area contributed by atoms with Gasteiger partial charge in [-0.05, 0) is 18.6 Å². The minimum absolute atomic E-state index is 0.117. The second-order valence-corrected chi connectivity index (χ2v) is 6.77. The maximum Gasteiger partial charge on any atom is 0.337 e. The van der Waals surface area contributed by atoms with E-state index in [-0.39, 0.29) is 17.8 Å². The quantitative estimate of drug-likeness (QED) is 0.642. The van der Waals surface area contributed by atoms with Gasteiger partial charge in [-0.2, -0.15) is 0 Å². The topological polar surface area (TPSA) is 53.4 Å². The number of benzene rings is 1. The number of esters is 1.